The van der Waals surface area contributed by atoms with Crippen molar-refractivity contribution in [1.82, 2.24) is 0 Å². The van der Waals surface area contributed by atoms with Crippen molar-refractivity contribution in [3.8, 4) is 11.5 Å². The summed E-state index contributed by atoms with van der Waals surface area (Å²) < 4.78 is 11.4. The highest BCUT2D eigenvalue weighted by Crippen LogP contribution is 2.46. The van der Waals surface area contributed by atoms with E-state index in [9.17, 15) is 0 Å². The molecule has 3 heteroatoms. The topological polar surface area (TPSA) is 44.5 Å². The Morgan fingerprint density at radius 1 is 0.950 bits per heavy atom. The van der Waals surface area contributed by atoms with E-state index in [0.717, 1.165) is 42.7 Å². The third-order valence-corrected chi connectivity index (χ3v) is 5.02. The summed E-state index contributed by atoms with van der Waals surface area (Å²) in [7, 11) is 3.53. The second-order valence-corrected chi connectivity index (χ2v) is 6.19. The average molecular weight is 275 g/mol. The first-order chi connectivity index (χ1) is 9.69. The largest absolute Gasteiger partial charge is 0.496 e. The number of ether oxygens (including phenoxy) is 2. The molecule has 110 valence electrons. The van der Waals surface area contributed by atoms with E-state index in [0.29, 0.717) is 0 Å². The van der Waals surface area contributed by atoms with E-state index in [-0.39, 0.29) is 5.54 Å². The maximum atomic E-state index is 6.74. The van der Waals surface area contributed by atoms with Crippen molar-refractivity contribution in [1.29, 1.82) is 0 Å². The van der Waals surface area contributed by atoms with Crippen molar-refractivity contribution in [2.45, 2.75) is 56.9 Å². The van der Waals surface area contributed by atoms with Crippen LogP contribution in [0, 0.1) is 0 Å². The Labute approximate surface area is 121 Å². The number of fused-ring (bicyclic) bond motifs is 1. The molecule has 3 nitrogen and oxygen atoms in total. The van der Waals surface area contributed by atoms with Crippen molar-refractivity contribution in [2.24, 2.45) is 5.73 Å². The summed E-state index contributed by atoms with van der Waals surface area (Å²) in [5.74, 6) is 2.03. The smallest absolute Gasteiger partial charge is 0.127 e. The minimum Gasteiger partial charge on any atom is -0.496 e. The molecule has 0 radical (unpaired) electrons. The number of benzene rings is 1. The van der Waals surface area contributed by atoms with E-state index in [1.54, 1.807) is 14.2 Å². The molecule has 1 fully saturated rings. The van der Waals surface area contributed by atoms with Crippen LogP contribution in [0.4, 0.5) is 0 Å². The summed E-state index contributed by atoms with van der Waals surface area (Å²) in [4.78, 5) is 0. The Kier molecular flexibility index (Phi) is 3.63. The molecule has 1 aromatic carbocycles. The van der Waals surface area contributed by atoms with Crippen LogP contribution in [0.1, 0.15) is 55.2 Å². The van der Waals surface area contributed by atoms with Crippen LogP contribution in [0.2, 0.25) is 0 Å². The molecule has 1 aromatic rings. The van der Waals surface area contributed by atoms with Gasteiger partial charge in [0, 0.05) is 22.2 Å². The van der Waals surface area contributed by atoms with Crippen molar-refractivity contribution in [3.05, 3.63) is 22.8 Å². The third kappa shape index (κ3) is 2.08. The van der Waals surface area contributed by atoms with Gasteiger partial charge < -0.3 is 15.2 Å². The van der Waals surface area contributed by atoms with E-state index in [1.807, 2.05) is 0 Å². The first kappa shape index (κ1) is 13.7. The van der Waals surface area contributed by atoms with Gasteiger partial charge in [-0.05, 0) is 38.2 Å². The molecular formula is C17H25NO2. The van der Waals surface area contributed by atoms with E-state index < -0.39 is 0 Å². The van der Waals surface area contributed by atoms with Crippen LogP contribution in [-0.4, -0.2) is 14.2 Å². The normalized spacial score (nSPS) is 20.6. The standard InChI is InChI=1S/C17H25NO2/c1-19-15-11-14(17(18)9-4-3-5-10-17)16(20-2)13-8-6-7-12(13)15/h11H,3-10,18H2,1-2H3. The molecule has 0 amide bonds. The molecule has 20 heavy (non-hydrogen) atoms. The Hall–Kier alpha value is -1.22. The fraction of sp³-hybridized carbons (Fsp3) is 0.647. The van der Waals surface area contributed by atoms with Gasteiger partial charge >= 0.3 is 0 Å². The monoisotopic (exact) mass is 275 g/mol. The van der Waals surface area contributed by atoms with Crippen LogP contribution in [0.3, 0.4) is 0 Å². The number of methoxy groups -OCH3 is 2. The molecule has 0 unspecified atom stereocenters. The van der Waals surface area contributed by atoms with Gasteiger partial charge in [-0.2, -0.15) is 0 Å². The molecule has 0 atom stereocenters. The van der Waals surface area contributed by atoms with E-state index in [2.05, 4.69) is 6.07 Å². The van der Waals surface area contributed by atoms with Crippen LogP contribution >= 0.6 is 0 Å². The van der Waals surface area contributed by atoms with E-state index in [1.165, 1.54) is 36.8 Å². The lowest BCUT2D eigenvalue weighted by molar-refractivity contribution is 0.286. The summed E-state index contributed by atoms with van der Waals surface area (Å²) >= 11 is 0. The first-order valence-corrected chi connectivity index (χ1v) is 7.75. The maximum absolute atomic E-state index is 6.74. The van der Waals surface area contributed by atoms with Crippen molar-refractivity contribution in [2.75, 3.05) is 14.2 Å². The van der Waals surface area contributed by atoms with Crippen LogP contribution in [0.5, 0.6) is 11.5 Å². The van der Waals surface area contributed by atoms with Gasteiger partial charge in [0.05, 0.1) is 14.2 Å². The summed E-state index contributed by atoms with van der Waals surface area (Å²) in [6.07, 6.45) is 9.16. The molecular weight excluding hydrogens is 250 g/mol. The Bertz CT molecular complexity index is 504. The Morgan fingerprint density at radius 3 is 2.30 bits per heavy atom. The Balaban J connectivity index is 2.14. The molecule has 1 saturated carbocycles. The molecule has 0 spiro atoms. The van der Waals surface area contributed by atoms with Crippen LogP contribution in [0.25, 0.3) is 0 Å². The molecule has 3 rings (SSSR count). The fourth-order valence-electron chi connectivity index (χ4n) is 3.95. The molecule has 2 aliphatic carbocycles. The zero-order chi connectivity index (χ0) is 14.2. The summed E-state index contributed by atoms with van der Waals surface area (Å²) in [5.41, 5.74) is 10.3. The van der Waals surface area contributed by atoms with Crippen LogP contribution in [0.15, 0.2) is 6.07 Å². The van der Waals surface area contributed by atoms with Crippen molar-refractivity contribution >= 4 is 0 Å². The fourth-order valence-corrected chi connectivity index (χ4v) is 3.95. The number of hydrogen-bond donors (Lipinski definition) is 1. The number of rotatable bonds is 3. The predicted octanol–water partition coefficient (Wildman–Crippen LogP) is 3.31. The second kappa shape index (κ2) is 5.28. The van der Waals surface area contributed by atoms with Gasteiger partial charge in [-0.15, -0.1) is 0 Å². The third-order valence-electron chi connectivity index (χ3n) is 5.02. The highest BCUT2D eigenvalue weighted by atomic mass is 16.5. The van der Waals surface area contributed by atoms with Crippen molar-refractivity contribution < 1.29 is 9.47 Å². The minimum atomic E-state index is -0.242. The quantitative estimate of drug-likeness (QED) is 0.920. The van der Waals surface area contributed by atoms with Gasteiger partial charge in [0.2, 0.25) is 0 Å². The zero-order valence-corrected chi connectivity index (χ0v) is 12.6. The maximum Gasteiger partial charge on any atom is 0.127 e. The van der Waals surface area contributed by atoms with Gasteiger partial charge in [0.25, 0.3) is 0 Å². The average Bonchev–Trinajstić information content (AvgIpc) is 2.95. The lowest BCUT2D eigenvalue weighted by Crippen LogP contribution is -2.39. The molecule has 0 aromatic heterocycles. The zero-order valence-electron chi connectivity index (χ0n) is 12.6. The summed E-state index contributed by atoms with van der Waals surface area (Å²) in [5, 5.41) is 0. The molecule has 0 aliphatic heterocycles. The SMILES string of the molecule is COc1cc(C2(N)CCCCC2)c(OC)c2c1CCC2. The number of hydrogen-bond acceptors (Lipinski definition) is 3. The predicted molar refractivity (Wildman–Crippen MR) is 80.5 cm³/mol. The van der Waals surface area contributed by atoms with Crippen molar-refractivity contribution in [3.63, 3.8) is 0 Å². The van der Waals surface area contributed by atoms with E-state index >= 15 is 0 Å². The molecule has 0 heterocycles. The first-order valence-electron chi connectivity index (χ1n) is 7.75. The van der Waals surface area contributed by atoms with Gasteiger partial charge in [-0.25, -0.2) is 0 Å². The number of nitrogens with two attached hydrogens (primary N) is 1. The molecule has 2 N–H and O–H groups in total. The highest BCUT2D eigenvalue weighted by Gasteiger charge is 2.35. The summed E-state index contributed by atoms with van der Waals surface area (Å²) in [6.45, 7) is 0. The van der Waals surface area contributed by atoms with Crippen LogP contribution in [-0.2, 0) is 18.4 Å². The lowest BCUT2D eigenvalue weighted by Gasteiger charge is -2.36. The Morgan fingerprint density at radius 2 is 1.65 bits per heavy atom. The highest BCUT2D eigenvalue weighted by molar-refractivity contribution is 5.58. The van der Waals surface area contributed by atoms with Gasteiger partial charge in [-0.3, -0.25) is 0 Å². The van der Waals surface area contributed by atoms with Crippen LogP contribution < -0.4 is 15.2 Å². The molecule has 0 bridgehead atoms. The van der Waals surface area contributed by atoms with Gasteiger partial charge in [0.15, 0.2) is 0 Å². The molecule has 2 aliphatic rings. The van der Waals surface area contributed by atoms with E-state index in [4.69, 9.17) is 15.2 Å². The minimum absolute atomic E-state index is 0.242. The van der Waals surface area contributed by atoms with Gasteiger partial charge in [-0.1, -0.05) is 19.3 Å². The lowest BCUT2D eigenvalue weighted by atomic mass is 9.76. The second-order valence-electron chi connectivity index (χ2n) is 6.19. The summed E-state index contributed by atoms with van der Waals surface area (Å²) in [6, 6.07) is 2.15. The van der Waals surface area contributed by atoms with Gasteiger partial charge in [0.1, 0.15) is 11.5 Å². The molecule has 0 saturated heterocycles.